The van der Waals surface area contributed by atoms with E-state index in [1.165, 1.54) is 31.2 Å². The molecule has 14 nitrogen and oxygen atoms in total. The van der Waals surface area contributed by atoms with Gasteiger partial charge in [0.25, 0.3) is 0 Å². The molecule has 2 aromatic carbocycles. The predicted octanol–water partition coefficient (Wildman–Crippen LogP) is 1.41. The number of nitrogens with zero attached hydrogens (tertiary/aromatic N) is 3. The minimum absolute atomic E-state index is 0.0457. The fraction of sp³-hybridized carbons (Fsp3) is 0.429. The van der Waals surface area contributed by atoms with E-state index in [2.05, 4.69) is 10.5 Å². The standard InChI is InChI=1S/C28H39N5O9S/c1-4-24(33(28(37)38)42-18-26(29)35)27(36)31-23(14-20-8-6-5-7-9-20)25(34)17-32(16-19(2)3)43(40,41)22-12-10-21(11-13-22)15-30-39/h5-13,15,19,23-25,34,39H,4,14,16-18H2,1-3H3,(H2,29,35)(H,31,36)(H,37,38)/t23-,24?,25+/m0/s1. The summed E-state index contributed by atoms with van der Waals surface area (Å²) in [4.78, 5) is 41.2. The Morgan fingerprint density at radius 3 is 2.21 bits per heavy atom. The first kappa shape index (κ1) is 35.1. The Balaban J connectivity index is 2.40. The largest absolute Gasteiger partial charge is 0.463 e. The van der Waals surface area contributed by atoms with Crippen LogP contribution in [0.1, 0.15) is 38.3 Å². The number of amides is 3. The number of aliphatic hydroxyl groups is 1. The molecule has 0 radical (unpaired) electrons. The Hall–Kier alpha value is -4.05. The molecule has 43 heavy (non-hydrogen) atoms. The molecule has 6 N–H and O–H groups in total. The summed E-state index contributed by atoms with van der Waals surface area (Å²) in [6.45, 7) is 4.05. The average Bonchev–Trinajstić information content (AvgIpc) is 2.94. The van der Waals surface area contributed by atoms with Crippen molar-refractivity contribution < 1.29 is 43.1 Å². The zero-order valence-corrected chi connectivity index (χ0v) is 25.1. The van der Waals surface area contributed by atoms with E-state index in [0.717, 1.165) is 16.1 Å². The van der Waals surface area contributed by atoms with Gasteiger partial charge in [0, 0.05) is 13.1 Å². The number of nitrogens with one attached hydrogen (secondary N) is 1. The number of oxime groups is 1. The maximum Gasteiger partial charge on any atom is 0.432 e. The molecule has 0 aliphatic heterocycles. The van der Waals surface area contributed by atoms with Gasteiger partial charge in [-0.2, -0.15) is 9.37 Å². The lowest BCUT2D eigenvalue weighted by Gasteiger charge is -2.32. The lowest BCUT2D eigenvalue weighted by atomic mass is 10.00. The van der Waals surface area contributed by atoms with Gasteiger partial charge in [-0.3, -0.25) is 14.4 Å². The third-order valence-electron chi connectivity index (χ3n) is 6.28. The smallest absolute Gasteiger partial charge is 0.432 e. The van der Waals surface area contributed by atoms with Crippen LogP contribution in [0.15, 0.2) is 64.6 Å². The van der Waals surface area contributed by atoms with Crippen molar-refractivity contribution in [3.05, 3.63) is 65.7 Å². The van der Waals surface area contributed by atoms with Crippen LogP contribution in [0.2, 0.25) is 0 Å². The molecule has 0 aliphatic rings. The second-order valence-corrected chi connectivity index (χ2v) is 12.1. The van der Waals surface area contributed by atoms with Gasteiger partial charge in [-0.25, -0.2) is 13.2 Å². The number of hydrogen-bond acceptors (Lipinski definition) is 9. The number of benzene rings is 2. The number of sulfonamides is 1. The minimum Gasteiger partial charge on any atom is -0.463 e. The van der Waals surface area contributed by atoms with E-state index in [1.807, 2.05) is 13.8 Å². The van der Waals surface area contributed by atoms with Gasteiger partial charge in [0.2, 0.25) is 21.8 Å². The summed E-state index contributed by atoms with van der Waals surface area (Å²) in [7, 11) is -4.12. The van der Waals surface area contributed by atoms with E-state index >= 15 is 0 Å². The molecule has 236 valence electrons. The van der Waals surface area contributed by atoms with Gasteiger partial charge in [-0.1, -0.05) is 68.4 Å². The van der Waals surface area contributed by atoms with Gasteiger partial charge < -0.3 is 26.5 Å². The first-order valence-electron chi connectivity index (χ1n) is 13.5. The molecule has 15 heteroatoms. The van der Waals surface area contributed by atoms with E-state index in [9.17, 15) is 33.0 Å². The number of carbonyl (C=O) groups is 3. The molecule has 0 saturated heterocycles. The minimum atomic E-state index is -4.12. The van der Waals surface area contributed by atoms with Gasteiger partial charge in [0.1, 0.15) is 6.04 Å². The molecule has 0 bridgehead atoms. The van der Waals surface area contributed by atoms with E-state index in [-0.39, 0.29) is 30.2 Å². The monoisotopic (exact) mass is 621 g/mol. The Morgan fingerprint density at radius 1 is 1.07 bits per heavy atom. The highest BCUT2D eigenvalue weighted by molar-refractivity contribution is 7.89. The van der Waals surface area contributed by atoms with Gasteiger partial charge >= 0.3 is 6.09 Å². The van der Waals surface area contributed by atoms with Crippen LogP contribution in [0.25, 0.3) is 0 Å². The lowest BCUT2D eigenvalue weighted by molar-refractivity contribution is -0.174. The molecule has 0 fully saturated rings. The fourth-order valence-electron chi connectivity index (χ4n) is 4.26. The van der Waals surface area contributed by atoms with Gasteiger partial charge in [0.15, 0.2) is 6.61 Å². The molecule has 3 atom stereocenters. The van der Waals surface area contributed by atoms with Gasteiger partial charge in [0.05, 0.1) is 23.3 Å². The summed E-state index contributed by atoms with van der Waals surface area (Å²) < 4.78 is 28.4. The number of carbonyl (C=O) groups excluding carboxylic acids is 2. The normalized spacial score (nSPS) is 14.0. The Labute approximate surface area is 250 Å². The van der Waals surface area contributed by atoms with Crippen LogP contribution in [0.3, 0.4) is 0 Å². The molecule has 0 aromatic heterocycles. The van der Waals surface area contributed by atoms with Crippen molar-refractivity contribution in [2.24, 2.45) is 16.8 Å². The number of hydroxylamine groups is 2. The molecule has 0 aliphatic carbocycles. The highest BCUT2D eigenvalue weighted by atomic mass is 32.2. The van der Waals surface area contributed by atoms with Crippen LogP contribution in [0.4, 0.5) is 4.79 Å². The number of carboxylic acid groups (broad SMARTS) is 1. The first-order valence-corrected chi connectivity index (χ1v) is 15.0. The molecule has 2 aromatic rings. The summed E-state index contributed by atoms with van der Waals surface area (Å²) >= 11 is 0. The maximum atomic E-state index is 13.6. The number of primary amides is 1. The lowest BCUT2D eigenvalue weighted by Crippen LogP contribution is -2.56. The third-order valence-corrected chi connectivity index (χ3v) is 8.13. The summed E-state index contributed by atoms with van der Waals surface area (Å²) in [5.41, 5.74) is 6.25. The summed E-state index contributed by atoms with van der Waals surface area (Å²) in [5.74, 6) is -1.89. The van der Waals surface area contributed by atoms with Crippen LogP contribution >= 0.6 is 0 Å². The Morgan fingerprint density at radius 2 is 1.70 bits per heavy atom. The molecular formula is C28H39N5O9S. The van der Waals surface area contributed by atoms with Crippen molar-refractivity contribution in [2.75, 3.05) is 19.7 Å². The summed E-state index contributed by atoms with van der Waals surface area (Å²) in [6.07, 6.45) is -1.87. The van der Waals surface area contributed by atoms with Crippen molar-refractivity contribution in [2.45, 2.75) is 56.7 Å². The van der Waals surface area contributed by atoms with Crippen molar-refractivity contribution in [1.82, 2.24) is 14.7 Å². The van der Waals surface area contributed by atoms with E-state index in [0.29, 0.717) is 10.6 Å². The Bertz CT molecular complexity index is 1340. The highest BCUT2D eigenvalue weighted by Gasteiger charge is 2.35. The maximum absolute atomic E-state index is 13.6. The van der Waals surface area contributed by atoms with E-state index in [4.69, 9.17) is 15.8 Å². The molecule has 2 rings (SSSR count). The number of aliphatic hydroxyl groups excluding tert-OH is 1. The summed E-state index contributed by atoms with van der Waals surface area (Å²) in [5, 5.41) is 35.7. The first-order chi connectivity index (χ1) is 20.3. The number of hydrogen-bond donors (Lipinski definition) is 5. The zero-order chi connectivity index (χ0) is 32.2. The average molecular weight is 622 g/mol. The number of nitrogens with two attached hydrogens (primary N) is 1. The molecular weight excluding hydrogens is 582 g/mol. The van der Waals surface area contributed by atoms with Crippen LogP contribution in [0.5, 0.6) is 0 Å². The quantitative estimate of drug-likeness (QED) is 0.0980. The molecule has 3 amide bonds. The molecule has 0 spiro atoms. The second-order valence-electron chi connectivity index (χ2n) is 10.2. The van der Waals surface area contributed by atoms with Gasteiger partial charge in [-0.05, 0) is 42.0 Å². The van der Waals surface area contributed by atoms with Crippen LogP contribution in [-0.2, 0) is 30.9 Å². The van der Waals surface area contributed by atoms with Crippen LogP contribution in [0, 0.1) is 5.92 Å². The van der Waals surface area contributed by atoms with Gasteiger partial charge in [-0.15, -0.1) is 0 Å². The predicted molar refractivity (Wildman–Crippen MR) is 157 cm³/mol. The fourth-order valence-corrected chi connectivity index (χ4v) is 5.88. The van der Waals surface area contributed by atoms with E-state index < -0.39 is 59.3 Å². The molecule has 0 saturated carbocycles. The molecule has 1 unspecified atom stereocenters. The van der Waals surface area contributed by atoms with Crippen molar-refractivity contribution >= 4 is 34.1 Å². The van der Waals surface area contributed by atoms with Crippen molar-refractivity contribution in [3.63, 3.8) is 0 Å². The van der Waals surface area contributed by atoms with Crippen molar-refractivity contribution in [1.29, 1.82) is 0 Å². The van der Waals surface area contributed by atoms with Crippen LogP contribution < -0.4 is 11.1 Å². The number of rotatable bonds is 17. The zero-order valence-electron chi connectivity index (χ0n) is 24.2. The van der Waals surface area contributed by atoms with Crippen molar-refractivity contribution in [3.8, 4) is 0 Å². The van der Waals surface area contributed by atoms with E-state index in [1.54, 1.807) is 30.3 Å². The molecule has 0 heterocycles. The van der Waals surface area contributed by atoms with Crippen LogP contribution in [-0.4, -0.2) is 95.2 Å². The Kier molecular flexibility index (Phi) is 13.5. The highest BCUT2D eigenvalue weighted by Crippen LogP contribution is 2.20. The summed E-state index contributed by atoms with van der Waals surface area (Å²) in [6, 6.07) is 12.0. The topological polar surface area (TPSA) is 212 Å². The second kappa shape index (κ2) is 16.6. The SMILES string of the molecule is CCC(C(=O)N[C@@H](Cc1ccccc1)[C@H](O)CN(CC(C)C)S(=O)(=O)c1ccc(C=NO)cc1)N(OCC(N)=O)C(=O)O. The third kappa shape index (κ3) is 10.6.